The van der Waals surface area contributed by atoms with Crippen LogP contribution >= 0.6 is 0 Å². The average molecular weight is 170 g/mol. The number of rotatable bonds is 1. The summed E-state index contributed by atoms with van der Waals surface area (Å²) in [6.07, 6.45) is 2.67. The second-order valence-electron chi connectivity index (χ2n) is 5.00. The Bertz CT molecular complexity index is 137. The lowest BCUT2D eigenvalue weighted by Crippen LogP contribution is -2.50. The monoisotopic (exact) mass is 170 g/mol. The van der Waals surface area contributed by atoms with Gasteiger partial charge in [-0.2, -0.15) is 0 Å². The van der Waals surface area contributed by atoms with Crippen molar-refractivity contribution in [2.75, 3.05) is 20.1 Å². The smallest absolute Gasteiger partial charge is 0.0200 e. The first kappa shape index (κ1) is 10.0. The van der Waals surface area contributed by atoms with E-state index >= 15 is 0 Å². The molecule has 1 heterocycles. The molecule has 1 atom stereocenters. The number of likely N-dealkylation sites (N-methyl/N-ethyl adjacent to an activating group) is 1. The molecule has 1 saturated heterocycles. The largest absolute Gasteiger partial charge is 0.308 e. The molecular formula is C10H22N2. The van der Waals surface area contributed by atoms with Gasteiger partial charge in [-0.15, -0.1) is 0 Å². The summed E-state index contributed by atoms with van der Waals surface area (Å²) in [5.41, 5.74) is 0.267. The van der Waals surface area contributed by atoms with Gasteiger partial charge in [0.1, 0.15) is 0 Å². The van der Waals surface area contributed by atoms with Crippen LogP contribution in [0.25, 0.3) is 0 Å². The molecule has 12 heavy (non-hydrogen) atoms. The third-order valence-electron chi connectivity index (χ3n) is 2.26. The van der Waals surface area contributed by atoms with Crippen molar-refractivity contribution in [3.63, 3.8) is 0 Å². The normalized spacial score (nSPS) is 27.5. The Labute approximate surface area is 76.3 Å². The molecule has 2 heteroatoms. The van der Waals surface area contributed by atoms with Crippen LogP contribution < -0.4 is 5.32 Å². The van der Waals surface area contributed by atoms with Crippen LogP contribution in [0.4, 0.5) is 0 Å². The van der Waals surface area contributed by atoms with Gasteiger partial charge in [-0.05, 0) is 47.2 Å². The minimum absolute atomic E-state index is 0.267. The SMILES string of the molecule is CN1CCC[C@H](NC(C)(C)C)C1. The zero-order chi connectivity index (χ0) is 9.19. The molecule has 1 aliphatic rings. The molecule has 0 bridgehead atoms. The van der Waals surface area contributed by atoms with Crippen molar-refractivity contribution in [1.82, 2.24) is 10.2 Å². The Hall–Kier alpha value is -0.0800. The predicted octanol–water partition coefficient (Wildman–Crippen LogP) is 1.47. The second kappa shape index (κ2) is 3.75. The molecule has 72 valence electrons. The minimum atomic E-state index is 0.267. The molecule has 1 fully saturated rings. The van der Waals surface area contributed by atoms with Crippen LogP contribution in [0.1, 0.15) is 33.6 Å². The maximum Gasteiger partial charge on any atom is 0.0200 e. The molecule has 0 aliphatic carbocycles. The molecule has 0 aromatic heterocycles. The molecule has 0 aromatic rings. The van der Waals surface area contributed by atoms with Crippen molar-refractivity contribution in [3.05, 3.63) is 0 Å². The van der Waals surface area contributed by atoms with Crippen molar-refractivity contribution in [2.24, 2.45) is 0 Å². The summed E-state index contributed by atoms with van der Waals surface area (Å²) in [6.45, 7) is 9.18. The maximum atomic E-state index is 3.65. The van der Waals surface area contributed by atoms with E-state index in [1.54, 1.807) is 0 Å². The summed E-state index contributed by atoms with van der Waals surface area (Å²) in [7, 11) is 2.20. The highest BCUT2D eigenvalue weighted by Gasteiger charge is 2.21. The molecule has 2 nitrogen and oxygen atoms in total. The van der Waals surface area contributed by atoms with Gasteiger partial charge >= 0.3 is 0 Å². The Morgan fingerprint density at radius 1 is 1.33 bits per heavy atom. The molecular weight excluding hydrogens is 148 g/mol. The first-order chi connectivity index (χ1) is 5.47. The first-order valence-electron chi connectivity index (χ1n) is 4.93. The van der Waals surface area contributed by atoms with Crippen LogP contribution in [-0.2, 0) is 0 Å². The topological polar surface area (TPSA) is 15.3 Å². The van der Waals surface area contributed by atoms with Gasteiger partial charge in [0, 0.05) is 18.1 Å². The van der Waals surface area contributed by atoms with E-state index in [1.165, 1.54) is 25.9 Å². The van der Waals surface area contributed by atoms with E-state index < -0.39 is 0 Å². The zero-order valence-corrected chi connectivity index (χ0v) is 8.85. The number of hydrogen-bond donors (Lipinski definition) is 1. The molecule has 0 spiro atoms. The molecule has 0 amide bonds. The van der Waals surface area contributed by atoms with Crippen LogP contribution in [0, 0.1) is 0 Å². The fourth-order valence-corrected chi connectivity index (χ4v) is 1.90. The molecule has 0 aromatic carbocycles. The summed E-state index contributed by atoms with van der Waals surface area (Å²) in [5.74, 6) is 0. The number of nitrogens with zero attached hydrogens (tertiary/aromatic N) is 1. The van der Waals surface area contributed by atoms with Gasteiger partial charge in [0.2, 0.25) is 0 Å². The lowest BCUT2D eigenvalue weighted by Gasteiger charge is -2.35. The fraction of sp³-hybridized carbons (Fsp3) is 1.00. The Balaban J connectivity index is 2.32. The number of piperidine rings is 1. The highest BCUT2D eigenvalue weighted by Crippen LogP contribution is 2.11. The average Bonchev–Trinajstić information content (AvgIpc) is 1.82. The second-order valence-corrected chi connectivity index (χ2v) is 5.00. The van der Waals surface area contributed by atoms with Gasteiger partial charge in [0.25, 0.3) is 0 Å². The summed E-state index contributed by atoms with van der Waals surface area (Å²) in [4.78, 5) is 2.41. The first-order valence-corrected chi connectivity index (χ1v) is 4.93. The van der Waals surface area contributed by atoms with E-state index in [0.717, 1.165) is 0 Å². The van der Waals surface area contributed by atoms with Crippen molar-refractivity contribution >= 4 is 0 Å². The van der Waals surface area contributed by atoms with Crippen LogP contribution in [0.5, 0.6) is 0 Å². The van der Waals surface area contributed by atoms with Gasteiger partial charge in [-0.25, -0.2) is 0 Å². The van der Waals surface area contributed by atoms with Gasteiger partial charge in [-0.1, -0.05) is 0 Å². The molecule has 1 N–H and O–H groups in total. The summed E-state index contributed by atoms with van der Waals surface area (Å²) >= 11 is 0. The molecule has 1 rings (SSSR count). The lowest BCUT2D eigenvalue weighted by atomic mass is 10.0. The molecule has 0 radical (unpaired) electrons. The predicted molar refractivity (Wildman–Crippen MR) is 53.4 cm³/mol. The summed E-state index contributed by atoms with van der Waals surface area (Å²) < 4.78 is 0. The van der Waals surface area contributed by atoms with Crippen LogP contribution in [0.2, 0.25) is 0 Å². The lowest BCUT2D eigenvalue weighted by molar-refractivity contribution is 0.201. The van der Waals surface area contributed by atoms with Crippen LogP contribution in [0.15, 0.2) is 0 Å². The highest BCUT2D eigenvalue weighted by molar-refractivity contribution is 4.82. The number of nitrogens with one attached hydrogen (secondary N) is 1. The highest BCUT2D eigenvalue weighted by atomic mass is 15.1. The van der Waals surface area contributed by atoms with E-state index in [4.69, 9.17) is 0 Å². The van der Waals surface area contributed by atoms with Crippen LogP contribution in [0.3, 0.4) is 0 Å². The third kappa shape index (κ3) is 3.55. The third-order valence-corrected chi connectivity index (χ3v) is 2.26. The maximum absolute atomic E-state index is 3.65. The van der Waals surface area contributed by atoms with Gasteiger partial charge in [0.05, 0.1) is 0 Å². The quantitative estimate of drug-likeness (QED) is 0.641. The molecule has 0 saturated carbocycles. The van der Waals surface area contributed by atoms with Crippen molar-refractivity contribution in [1.29, 1.82) is 0 Å². The van der Waals surface area contributed by atoms with E-state index in [2.05, 4.69) is 38.0 Å². The van der Waals surface area contributed by atoms with E-state index in [0.29, 0.717) is 6.04 Å². The Morgan fingerprint density at radius 3 is 2.50 bits per heavy atom. The van der Waals surface area contributed by atoms with E-state index in [9.17, 15) is 0 Å². The molecule has 1 aliphatic heterocycles. The standard InChI is InChI=1S/C10H22N2/c1-10(2,3)11-9-6-5-7-12(4)8-9/h9,11H,5-8H2,1-4H3/t9-/m0/s1. The Kier molecular flexibility index (Phi) is 3.13. The van der Waals surface area contributed by atoms with Crippen molar-refractivity contribution in [3.8, 4) is 0 Å². The van der Waals surface area contributed by atoms with E-state index in [-0.39, 0.29) is 5.54 Å². The fourth-order valence-electron chi connectivity index (χ4n) is 1.90. The van der Waals surface area contributed by atoms with Gasteiger partial charge in [0.15, 0.2) is 0 Å². The minimum Gasteiger partial charge on any atom is -0.308 e. The number of likely N-dealkylation sites (tertiary alicyclic amines) is 1. The van der Waals surface area contributed by atoms with Gasteiger partial charge in [-0.3, -0.25) is 0 Å². The van der Waals surface area contributed by atoms with Crippen molar-refractivity contribution in [2.45, 2.75) is 45.2 Å². The summed E-state index contributed by atoms with van der Waals surface area (Å²) in [5, 5.41) is 3.65. The molecule has 0 unspecified atom stereocenters. The van der Waals surface area contributed by atoms with Crippen LogP contribution in [-0.4, -0.2) is 36.6 Å². The van der Waals surface area contributed by atoms with Crippen molar-refractivity contribution < 1.29 is 0 Å². The van der Waals surface area contributed by atoms with E-state index in [1.807, 2.05) is 0 Å². The van der Waals surface area contributed by atoms with Gasteiger partial charge < -0.3 is 10.2 Å². The zero-order valence-electron chi connectivity index (χ0n) is 8.85. The summed E-state index contributed by atoms with van der Waals surface area (Å²) in [6, 6.07) is 0.698. The number of hydrogen-bond acceptors (Lipinski definition) is 2. The Morgan fingerprint density at radius 2 is 2.00 bits per heavy atom.